The summed E-state index contributed by atoms with van der Waals surface area (Å²) >= 11 is 0. The average molecular weight is 439 g/mol. The predicted molar refractivity (Wildman–Crippen MR) is 127 cm³/mol. The first-order valence-electron chi connectivity index (χ1n) is 11.3. The second-order valence-electron chi connectivity index (χ2n) is 8.46. The van der Waals surface area contributed by atoms with Crippen LogP contribution in [0.2, 0.25) is 0 Å². The van der Waals surface area contributed by atoms with Crippen molar-refractivity contribution in [3.8, 4) is 11.5 Å². The van der Waals surface area contributed by atoms with Gasteiger partial charge in [-0.1, -0.05) is 25.1 Å². The Morgan fingerprint density at radius 1 is 1.16 bits per heavy atom. The number of carbonyl (C=O) groups is 2. The molecule has 0 saturated heterocycles. The highest BCUT2D eigenvalue weighted by molar-refractivity contribution is 5.98. The molecule has 172 valence electrons. The monoisotopic (exact) mass is 438 g/mol. The lowest BCUT2D eigenvalue weighted by molar-refractivity contribution is -0.124. The minimum absolute atomic E-state index is 0.0341. The molecule has 3 atom stereocenters. The van der Waals surface area contributed by atoms with Crippen LogP contribution in [0.5, 0.6) is 11.5 Å². The standard InChI is InChI=1S/C26H34N2O4/c1-6-17(2)27-26(30)22-15-18(3)28(23-10-8-7-9-21(22)23)25(29)14-11-19-16-20(31-4)12-13-24(19)32-5/h7-10,12-13,16-18,22H,6,11,14-15H2,1-5H3,(H,27,30)/t17-,18+,22-/m0/s1. The summed E-state index contributed by atoms with van der Waals surface area (Å²) in [5, 5.41) is 3.11. The van der Waals surface area contributed by atoms with Crippen molar-refractivity contribution in [2.24, 2.45) is 0 Å². The van der Waals surface area contributed by atoms with Crippen molar-refractivity contribution < 1.29 is 19.1 Å². The molecule has 6 heteroatoms. The van der Waals surface area contributed by atoms with E-state index >= 15 is 0 Å². The minimum atomic E-state index is -0.252. The minimum Gasteiger partial charge on any atom is -0.497 e. The Bertz CT molecular complexity index is 959. The van der Waals surface area contributed by atoms with Crippen LogP contribution in [0.4, 0.5) is 5.69 Å². The van der Waals surface area contributed by atoms with E-state index in [1.54, 1.807) is 14.2 Å². The zero-order valence-corrected chi connectivity index (χ0v) is 19.7. The molecule has 2 amide bonds. The number of rotatable bonds is 8. The van der Waals surface area contributed by atoms with Crippen molar-refractivity contribution in [3.63, 3.8) is 0 Å². The fourth-order valence-electron chi connectivity index (χ4n) is 4.33. The zero-order valence-electron chi connectivity index (χ0n) is 19.7. The predicted octanol–water partition coefficient (Wildman–Crippen LogP) is 4.46. The van der Waals surface area contributed by atoms with Gasteiger partial charge in [-0.15, -0.1) is 0 Å². The Morgan fingerprint density at radius 2 is 1.91 bits per heavy atom. The Hall–Kier alpha value is -3.02. The molecular formula is C26H34N2O4. The van der Waals surface area contributed by atoms with Gasteiger partial charge in [-0.3, -0.25) is 9.59 Å². The summed E-state index contributed by atoms with van der Waals surface area (Å²) in [5.41, 5.74) is 2.68. The van der Waals surface area contributed by atoms with Gasteiger partial charge < -0.3 is 19.7 Å². The maximum Gasteiger partial charge on any atom is 0.227 e. The molecule has 1 aliphatic heterocycles. The summed E-state index contributed by atoms with van der Waals surface area (Å²) in [4.78, 5) is 28.2. The molecule has 0 bridgehead atoms. The van der Waals surface area contributed by atoms with E-state index in [4.69, 9.17) is 9.47 Å². The number of nitrogens with zero attached hydrogens (tertiary/aromatic N) is 1. The zero-order chi connectivity index (χ0) is 23.3. The molecule has 0 fully saturated rings. The van der Waals surface area contributed by atoms with E-state index in [-0.39, 0.29) is 29.8 Å². The van der Waals surface area contributed by atoms with E-state index < -0.39 is 0 Å². The largest absolute Gasteiger partial charge is 0.497 e. The third kappa shape index (κ3) is 5.06. The molecule has 1 heterocycles. The molecule has 1 aliphatic rings. The van der Waals surface area contributed by atoms with Gasteiger partial charge in [0.05, 0.1) is 20.1 Å². The second kappa shape index (κ2) is 10.5. The van der Waals surface area contributed by atoms with Gasteiger partial charge in [0, 0.05) is 24.2 Å². The number of anilines is 1. The maximum absolute atomic E-state index is 13.4. The van der Waals surface area contributed by atoms with Crippen LogP contribution in [-0.4, -0.2) is 38.1 Å². The first-order chi connectivity index (χ1) is 15.4. The Kier molecular flexibility index (Phi) is 7.78. The summed E-state index contributed by atoms with van der Waals surface area (Å²) in [6.07, 6.45) is 2.37. The number of methoxy groups -OCH3 is 2. The number of benzene rings is 2. The summed E-state index contributed by atoms with van der Waals surface area (Å²) < 4.78 is 10.8. The van der Waals surface area contributed by atoms with E-state index in [1.807, 2.05) is 61.2 Å². The number of ether oxygens (including phenoxy) is 2. The van der Waals surface area contributed by atoms with Crippen LogP contribution >= 0.6 is 0 Å². The lowest BCUT2D eigenvalue weighted by atomic mass is 9.85. The van der Waals surface area contributed by atoms with E-state index in [1.165, 1.54) is 0 Å². The Morgan fingerprint density at radius 3 is 2.59 bits per heavy atom. The number of amides is 2. The van der Waals surface area contributed by atoms with Crippen molar-refractivity contribution in [1.29, 1.82) is 0 Å². The van der Waals surface area contributed by atoms with Gasteiger partial charge in [0.25, 0.3) is 0 Å². The molecule has 0 unspecified atom stereocenters. The molecule has 1 N–H and O–H groups in total. The SMILES string of the molecule is CC[C@H](C)NC(=O)[C@H]1C[C@@H](C)N(C(=O)CCc2cc(OC)ccc2OC)c2ccccc21. The molecule has 32 heavy (non-hydrogen) atoms. The van der Waals surface area contributed by atoms with Crippen molar-refractivity contribution in [2.75, 3.05) is 19.1 Å². The number of hydrogen-bond donors (Lipinski definition) is 1. The van der Waals surface area contributed by atoms with Crippen LogP contribution in [0.3, 0.4) is 0 Å². The fraction of sp³-hybridized carbons (Fsp3) is 0.462. The van der Waals surface area contributed by atoms with Crippen molar-refractivity contribution in [1.82, 2.24) is 5.32 Å². The Labute approximate surface area is 190 Å². The third-order valence-corrected chi connectivity index (χ3v) is 6.27. The normalized spacial score (nSPS) is 18.5. The van der Waals surface area contributed by atoms with E-state index in [0.717, 1.165) is 34.7 Å². The molecule has 0 saturated carbocycles. The molecule has 0 spiro atoms. The van der Waals surface area contributed by atoms with Gasteiger partial charge in [-0.05, 0) is 68.5 Å². The molecule has 0 radical (unpaired) electrons. The van der Waals surface area contributed by atoms with Gasteiger partial charge in [0.1, 0.15) is 11.5 Å². The topological polar surface area (TPSA) is 67.9 Å². The Balaban J connectivity index is 1.81. The van der Waals surface area contributed by atoms with Crippen LogP contribution < -0.4 is 19.7 Å². The number of para-hydroxylation sites is 1. The molecular weight excluding hydrogens is 404 g/mol. The van der Waals surface area contributed by atoms with Crippen molar-refractivity contribution >= 4 is 17.5 Å². The third-order valence-electron chi connectivity index (χ3n) is 6.27. The van der Waals surface area contributed by atoms with Gasteiger partial charge >= 0.3 is 0 Å². The average Bonchev–Trinajstić information content (AvgIpc) is 2.81. The fourth-order valence-corrected chi connectivity index (χ4v) is 4.33. The highest BCUT2D eigenvalue weighted by Gasteiger charge is 2.36. The van der Waals surface area contributed by atoms with Gasteiger partial charge in [0.15, 0.2) is 0 Å². The van der Waals surface area contributed by atoms with Crippen LogP contribution in [0.25, 0.3) is 0 Å². The molecule has 6 nitrogen and oxygen atoms in total. The van der Waals surface area contributed by atoms with Crippen molar-refractivity contribution in [3.05, 3.63) is 53.6 Å². The van der Waals surface area contributed by atoms with E-state index in [9.17, 15) is 9.59 Å². The summed E-state index contributed by atoms with van der Waals surface area (Å²) in [7, 11) is 3.25. The number of aryl methyl sites for hydroxylation is 1. The second-order valence-corrected chi connectivity index (χ2v) is 8.46. The quantitative estimate of drug-likeness (QED) is 0.661. The van der Waals surface area contributed by atoms with Crippen LogP contribution in [-0.2, 0) is 16.0 Å². The number of nitrogens with one attached hydrogen (secondary N) is 1. The summed E-state index contributed by atoms with van der Waals surface area (Å²) in [6.45, 7) is 6.09. The molecule has 0 aromatic heterocycles. The lowest BCUT2D eigenvalue weighted by Gasteiger charge is -2.39. The number of hydrogen-bond acceptors (Lipinski definition) is 4. The highest BCUT2D eigenvalue weighted by atomic mass is 16.5. The summed E-state index contributed by atoms with van der Waals surface area (Å²) in [5.74, 6) is 1.30. The van der Waals surface area contributed by atoms with Crippen LogP contribution in [0.1, 0.15) is 57.1 Å². The van der Waals surface area contributed by atoms with Crippen LogP contribution in [0, 0.1) is 0 Å². The van der Waals surface area contributed by atoms with Crippen molar-refractivity contribution in [2.45, 2.75) is 64.5 Å². The first-order valence-corrected chi connectivity index (χ1v) is 11.3. The number of carbonyl (C=O) groups excluding carboxylic acids is 2. The van der Waals surface area contributed by atoms with E-state index in [0.29, 0.717) is 19.3 Å². The molecule has 0 aliphatic carbocycles. The lowest BCUT2D eigenvalue weighted by Crippen LogP contribution is -2.47. The number of fused-ring (bicyclic) bond motifs is 1. The van der Waals surface area contributed by atoms with Crippen LogP contribution in [0.15, 0.2) is 42.5 Å². The first kappa shape index (κ1) is 23.6. The van der Waals surface area contributed by atoms with Gasteiger partial charge in [0.2, 0.25) is 11.8 Å². The van der Waals surface area contributed by atoms with Gasteiger partial charge in [-0.25, -0.2) is 0 Å². The smallest absolute Gasteiger partial charge is 0.227 e. The maximum atomic E-state index is 13.4. The van der Waals surface area contributed by atoms with Gasteiger partial charge in [-0.2, -0.15) is 0 Å². The van der Waals surface area contributed by atoms with E-state index in [2.05, 4.69) is 12.2 Å². The molecule has 2 aromatic carbocycles. The summed E-state index contributed by atoms with van der Waals surface area (Å²) in [6, 6.07) is 13.4. The molecule has 3 rings (SSSR count). The highest BCUT2D eigenvalue weighted by Crippen LogP contribution is 2.39. The molecule has 2 aromatic rings.